The van der Waals surface area contributed by atoms with Gasteiger partial charge in [0.05, 0.1) is 37.3 Å². The molecule has 0 amide bonds. The molecule has 1 unspecified atom stereocenters. The molecule has 3 fully saturated rings. The van der Waals surface area contributed by atoms with E-state index in [1.807, 2.05) is 18.3 Å². The molecule has 1 saturated carbocycles. The molecule has 7 rings (SSSR count). The van der Waals surface area contributed by atoms with E-state index in [4.69, 9.17) is 4.74 Å². The summed E-state index contributed by atoms with van der Waals surface area (Å²) in [6, 6.07) is 8.69. The van der Waals surface area contributed by atoms with E-state index in [0.29, 0.717) is 18.0 Å². The fourth-order valence-corrected chi connectivity index (χ4v) is 6.15. The molecule has 3 aliphatic rings. The number of anilines is 1. The number of H-pyrrole nitrogens is 1. The summed E-state index contributed by atoms with van der Waals surface area (Å²) in [4.78, 5) is 5.11. The van der Waals surface area contributed by atoms with Crippen LogP contribution in [0.1, 0.15) is 39.2 Å². The Hall–Kier alpha value is -3.53. The Kier molecular flexibility index (Phi) is 5.16. The SMILES string of the molecule is COc1cc(-c2cn(Cc3ccc(N4CCCC(N5CC6(CCC6)C5)C4)nn3)nn2)c2cn[nH]c2c1.[HH]. The summed E-state index contributed by atoms with van der Waals surface area (Å²) < 4.78 is 7.23. The first-order chi connectivity index (χ1) is 17.7. The molecule has 5 heterocycles. The van der Waals surface area contributed by atoms with Crippen LogP contribution in [0.3, 0.4) is 0 Å². The van der Waals surface area contributed by atoms with Crippen molar-refractivity contribution in [1.29, 1.82) is 0 Å². The Bertz CT molecular complexity index is 1370. The number of aromatic amines is 1. The average molecular weight is 488 g/mol. The van der Waals surface area contributed by atoms with Gasteiger partial charge in [0.15, 0.2) is 5.82 Å². The molecule has 2 saturated heterocycles. The first-order valence-corrected chi connectivity index (χ1v) is 12.9. The number of aromatic nitrogens is 7. The number of methoxy groups -OCH3 is 1. The van der Waals surface area contributed by atoms with E-state index in [1.165, 1.54) is 45.2 Å². The standard InChI is InChI=1S/C26H31N9O.H2/c1-36-20-10-21(22-12-27-29-23(22)11-20)24-15-35(32-30-24)13-18-5-6-25(31-28-18)33-9-2-4-19(14-33)34-16-26(17-34)7-3-8-26;/h5-6,10-12,15,19H,2-4,7-9,13-14,16-17H2,1H3,(H,27,29);1H. The second kappa shape index (κ2) is 8.55. The van der Waals surface area contributed by atoms with Crippen molar-refractivity contribution in [2.75, 3.05) is 38.2 Å². The Morgan fingerprint density at radius 2 is 2.06 bits per heavy atom. The molecule has 3 aromatic heterocycles. The van der Waals surface area contributed by atoms with E-state index in [-0.39, 0.29) is 1.43 Å². The van der Waals surface area contributed by atoms with E-state index in [9.17, 15) is 0 Å². The van der Waals surface area contributed by atoms with Crippen LogP contribution in [0, 0.1) is 5.41 Å². The second-order valence-electron chi connectivity index (χ2n) is 10.7. The van der Waals surface area contributed by atoms with E-state index in [2.05, 4.69) is 52.6 Å². The van der Waals surface area contributed by atoms with Crippen LogP contribution in [0.4, 0.5) is 5.82 Å². The first-order valence-electron chi connectivity index (χ1n) is 12.9. The Morgan fingerprint density at radius 1 is 1.14 bits per heavy atom. The van der Waals surface area contributed by atoms with Crippen molar-refractivity contribution in [3.05, 3.63) is 42.4 Å². The van der Waals surface area contributed by atoms with Crippen molar-refractivity contribution in [1.82, 2.24) is 40.3 Å². The highest BCUT2D eigenvalue weighted by Gasteiger charge is 2.49. The van der Waals surface area contributed by atoms with Crippen LogP contribution in [-0.2, 0) is 6.54 Å². The molecule has 10 nitrogen and oxygen atoms in total. The monoisotopic (exact) mass is 487 g/mol. The van der Waals surface area contributed by atoms with Crippen LogP contribution >= 0.6 is 0 Å². The molecule has 2 aliphatic heterocycles. The molecule has 1 spiro atoms. The van der Waals surface area contributed by atoms with Gasteiger partial charge in [-0.3, -0.25) is 10.00 Å². The molecule has 10 heteroatoms. The first kappa shape index (κ1) is 21.7. The van der Waals surface area contributed by atoms with Gasteiger partial charge in [0.1, 0.15) is 11.4 Å². The second-order valence-corrected chi connectivity index (χ2v) is 10.7. The maximum atomic E-state index is 5.44. The third kappa shape index (κ3) is 3.80. The largest absolute Gasteiger partial charge is 0.497 e. The smallest absolute Gasteiger partial charge is 0.151 e. The van der Waals surface area contributed by atoms with Gasteiger partial charge >= 0.3 is 0 Å². The lowest BCUT2D eigenvalue weighted by Crippen LogP contribution is -2.65. The molecule has 1 aromatic carbocycles. The number of rotatable bonds is 6. The molecule has 188 valence electrons. The average Bonchev–Trinajstić information content (AvgIpc) is 3.52. The van der Waals surface area contributed by atoms with Crippen molar-refractivity contribution in [2.45, 2.75) is 44.7 Å². The fraction of sp³-hybridized carbons (Fsp3) is 0.500. The summed E-state index contributed by atoms with van der Waals surface area (Å²) in [7, 11) is 1.65. The zero-order valence-electron chi connectivity index (χ0n) is 20.6. The van der Waals surface area contributed by atoms with Crippen LogP contribution in [-0.4, -0.2) is 79.6 Å². The highest BCUT2D eigenvalue weighted by molar-refractivity contribution is 5.94. The highest BCUT2D eigenvalue weighted by atomic mass is 16.5. The molecule has 0 radical (unpaired) electrons. The number of hydrogen-bond acceptors (Lipinski definition) is 8. The quantitative estimate of drug-likeness (QED) is 0.442. The van der Waals surface area contributed by atoms with Crippen LogP contribution in [0.2, 0.25) is 0 Å². The number of likely N-dealkylation sites (tertiary alicyclic amines) is 1. The summed E-state index contributed by atoms with van der Waals surface area (Å²) >= 11 is 0. The van der Waals surface area contributed by atoms with Crippen LogP contribution in [0.25, 0.3) is 22.2 Å². The number of hydrogen-bond donors (Lipinski definition) is 1. The van der Waals surface area contributed by atoms with Crippen LogP contribution in [0.5, 0.6) is 5.75 Å². The number of nitrogens with one attached hydrogen (secondary N) is 1. The van der Waals surface area contributed by atoms with Gasteiger partial charge in [-0.05, 0) is 49.3 Å². The predicted molar refractivity (Wildman–Crippen MR) is 138 cm³/mol. The normalized spacial score (nSPS) is 21.5. The summed E-state index contributed by atoms with van der Waals surface area (Å²) in [5.41, 5.74) is 4.13. The van der Waals surface area contributed by atoms with Gasteiger partial charge in [-0.2, -0.15) is 10.2 Å². The van der Waals surface area contributed by atoms with Gasteiger partial charge in [0.25, 0.3) is 0 Å². The number of ether oxygens (including phenoxy) is 1. The summed E-state index contributed by atoms with van der Waals surface area (Å²) in [5.74, 6) is 1.72. The lowest BCUT2D eigenvalue weighted by Gasteiger charge is -2.59. The van der Waals surface area contributed by atoms with E-state index < -0.39 is 0 Å². The molecule has 36 heavy (non-hydrogen) atoms. The van der Waals surface area contributed by atoms with Gasteiger partial charge in [-0.15, -0.1) is 10.2 Å². The number of benzene rings is 1. The minimum atomic E-state index is 0. The molecule has 1 atom stereocenters. The molecule has 0 bridgehead atoms. The van der Waals surface area contributed by atoms with Crippen LogP contribution in [0.15, 0.2) is 36.7 Å². The Morgan fingerprint density at radius 3 is 2.83 bits per heavy atom. The van der Waals surface area contributed by atoms with Gasteiger partial charge in [-0.25, -0.2) is 4.68 Å². The summed E-state index contributed by atoms with van der Waals surface area (Å²) in [5, 5.41) is 26.0. The lowest BCUT2D eigenvalue weighted by molar-refractivity contribution is -0.0848. The molecule has 1 aliphatic carbocycles. The molecule has 4 aromatic rings. The third-order valence-corrected chi connectivity index (χ3v) is 8.34. The van der Waals surface area contributed by atoms with Gasteiger partial charge in [0.2, 0.25) is 0 Å². The minimum absolute atomic E-state index is 0. The zero-order chi connectivity index (χ0) is 24.1. The van der Waals surface area contributed by atoms with Crippen molar-refractivity contribution >= 4 is 16.7 Å². The van der Waals surface area contributed by atoms with Gasteiger partial charge < -0.3 is 9.64 Å². The summed E-state index contributed by atoms with van der Waals surface area (Å²) in [6.45, 7) is 5.23. The Balaban J connectivity index is 0.00000252. The predicted octanol–water partition coefficient (Wildman–Crippen LogP) is 3.37. The van der Waals surface area contributed by atoms with E-state index in [1.54, 1.807) is 18.0 Å². The van der Waals surface area contributed by atoms with Crippen molar-refractivity contribution in [2.24, 2.45) is 5.41 Å². The van der Waals surface area contributed by atoms with Gasteiger partial charge in [0, 0.05) is 50.7 Å². The number of piperidine rings is 1. The van der Waals surface area contributed by atoms with Crippen molar-refractivity contribution in [3.8, 4) is 17.0 Å². The number of fused-ring (bicyclic) bond motifs is 1. The van der Waals surface area contributed by atoms with Crippen molar-refractivity contribution < 1.29 is 6.16 Å². The fourth-order valence-electron chi connectivity index (χ4n) is 6.15. The number of nitrogens with zero attached hydrogens (tertiary/aromatic N) is 8. The van der Waals surface area contributed by atoms with E-state index in [0.717, 1.165) is 52.5 Å². The van der Waals surface area contributed by atoms with Crippen LogP contribution < -0.4 is 9.64 Å². The van der Waals surface area contributed by atoms with Gasteiger partial charge in [-0.1, -0.05) is 11.6 Å². The zero-order valence-corrected chi connectivity index (χ0v) is 20.6. The molecule has 1 N–H and O–H groups in total. The summed E-state index contributed by atoms with van der Waals surface area (Å²) in [6.07, 6.45) is 10.5. The molecular formula is C26H33N9O. The van der Waals surface area contributed by atoms with E-state index >= 15 is 0 Å². The minimum Gasteiger partial charge on any atom is -0.497 e. The molecular weight excluding hydrogens is 454 g/mol. The highest BCUT2D eigenvalue weighted by Crippen LogP contribution is 2.49. The van der Waals surface area contributed by atoms with Crippen molar-refractivity contribution in [3.63, 3.8) is 0 Å². The maximum absolute atomic E-state index is 5.44. The maximum Gasteiger partial charge on any atom is 0.151 e. The third-order valence-electron chi connectivity index (χ3n) is 8.34. The lowest BCUT2D eigenvalue weighted by atomic mass is 9.63. The Labute approximate surface area is 211 Å². The topological polar surface area (TPSA) is 101 Å².